The SMILES string of the molecule is CCCC1CCN(C(=O)CCOc2cccc(N)c2)CC1. The van der Waals surface area contributed by atoms with Gasteiger partial charge < -0.3 is 15.4 Å². The van der Waals surface area contributed by atoms with Crippen molar-refractivity contribution in [1.29, 1.82) is 0 Å². The summed E-state index contributed by atoms with van der Waals surface area (Å²) in [7, 11) is 0. The normalized spacial score (nSPS) is 16.0. The molecule has 0 aromatic heterocycles. The molecule has 0 spiro atoms. The van der Waals surface area contributed by atoms with Gasteiger partial charge in [0.15, 0.2) is 0 Å². The number of carbonyl (C=O) groups excluding carboxylic acids is 1. The van der Waals surface area contributed by atoms with Gasteiger partial charge in [0.25, 0.3) is 0 Å². The molecule has 1 aliphatic rings. The van der Waals surface area contributed by atoms with Crippen LogP contribution in [0, 0.1) is 5.92 Å². The number of nitrogens with two attached hydrogens (primary N) is 1. The number of ether oxygens (including phenoxy) is 1. The Morgan fingerprint density at radius 3 is 2.81 bits per heavy atom. The van der Waals surface area contributed by atoms with Crippen molar-refractivity contribution in [3.05, 3.63) is 24.3 Å². The molecule has 2 N–H and O–H groups in total. The second kappa shape index (κ2) is 7.91. The maximum absolute atomic E-state index is 12.1. The highest BCUT2D eigenvalue weighted by Gasteiger charge is 2.21. The molecule has 1 fully saturated rings. The molecule has 4 heteroatoms. The van der Waals surface area contributed by atoms with Gasteiger partial charge in [-0.2, -0.15) is 0 Å². The quantitative estimate of drug-likeness (QED) is 0.819. The minimum Gasteiger partial charge on any atom is -0.493 e. The zero-order chi connectivity index (χ0) is 15.1. The molecule has 1 aliphatic heterocycles. The molecule has 4 nitrogen and oxygen atoms in total. The molecule has 0 radical (unpaired) electrons. The zero-order valence-corrected chi connectivity index (χ0v) is 12.9. The maximum Gasteiger partial charge on any atom is 0.225 e. The molecule has 1 aromatic carbocycles. The van der Waals surface area contributed by atoms with Crippen LogP contribution in [-0.4, -0.2) is 30.5 Å². The number of piperidine rings is 1. The maximum atomic E-state index is 12.1. The minimum absolute atomic E-state index is 0.203. The first-order valence-electron chi connectivity index (χ1n) is 7.95. The molecule has 116 valence electrons. The Morgan fingerprint density at radius 2 is 2.14 bits per heavy atom. The fourth-order valence-corrected chi connectivity index (χ4v) is 2.90. The van der Waals surface area contributed by atoms with Crippen LogP contribution < -0.4 is 10.5 Å². The molecular formula is C17H26N2O2. The Morgan fingerprint density at radius 1 is 1.38 bits per heavy atom. The molecule has 1 aromatic rings. The summed E-state index contributed by atoms with van der Waals surface area (Å²) in [6.45, 7) is 4.45. The van der Waals surface area contributed by atoms with Gasteiger partial charge in [0.2, 0.25) is 5.91 Å². The Kier molecular flexibility index (Phi) is 5.90. The Bertz CT molecular complexity index is 454. The lowest BCUT2D eigenvalue weighted by molar-refractivity contribution is -0.133. The van der Waals surface area contributed by atoms with E-state index < -0.39 is 0 Å². The number of nitrogen functional groups attached to an aromatic ring is 1. The molecule has 1 saturated heterocycles. The van der Waals surface area contributed by atoms with Gasteiger partial charge in [0, 0.05) is 24.8 Å². The van der Waals surface area contributed by atoms with Crippen molar-refractivity contribution in [2.75, 3.05) is 25.4 Å². The first-order valence-corrected chi connectivity index (χ1v) is 7.95. The summed E-state index contributed by atoms with van der Waals surface area (Å²) in [6.07, 6.45) is 5.27. The number of anilines is 1. The summed E-state index contributed by atoms with van der Waals surface area (Å²) in [5.41, 5.74) is 6.37. The average molecular weight is 290 g/mol. The average Bonchev–Trinajstić information content (AvgIpc) is 2.48. The van der Waals surface area contributed by atoms with E-state index in [1.165, 1.54) is 12.8 Å². The second-order valence-corrected chi connectivity index (χ2v) is 5.78. The summed E-state index contributed by atoms with van der Waals surface area (Å²) in [5.74, 6) is 1.74. The lowest BCUT2D eigenvalue weighted by Crippen LogP contribution is -2.39. The molecule has 1 amide bonds. The van der Waals surface area contributed by atoms with Crippen LogP contribution in [0.25, 0.3) is 0 Å². The molecule has 21 heavy (non-hydrogen) atoms. The summed E-state index contributed by atoms with van der Waals surface area (Å²) in [4.78, 5) is 14.1. The number of likely N-dealkylation sites (tertiary alicyclic amines) is 1. The minimum atomic E-state index is 0.203. The van der Waals surface area contributed by atoms with E-state index in [1.807, 2.05) is 23.1 Å². The zero-order valence-electron chi connectivity index (χ0n) is 12.9. The monoisotopic (exact) mass is 290 g/mol. The van der Waals surface area contributed by atoms with Crippen molar-refractivity contribution in [2.24, 2.45) is 5.92 Å². The summed E-state index contributed by atoms with van der Waals surface area (Å²) >= 11 is 0. The van der Waals surface area contributed by atoms with Crippen molar-refractivity contribution in [1.82, 2.24) is 4.90 Å². The van der Waals surface area contributed by atoms with Gasteiger partial charge in [-0.05, 0) is 30.9 Å². The first kappa shape index (κ1) is 15.7. The van der Waals surface area contributed by atoms with E-state index in [1.54, 1.807) is 6.07 Å². The van der Waals surface area contributed by atoms with E-state index in [2.05, 4.69) is 6.92 Å². The van der Waals surface area contributed by atoms with Gasteiger partial charge in [-0.15, -0.1) is 0 Å². The lowest BCUT2D eigenvalue weighted by Gasteiger charge is -2.32. The van der Waals surface area contributed by atoms with Gasteiger partial charge >= 0.3 is 0 Å². The summed E-state index contributed by atoms with van der Waals surface area (Å²) < 4.78 is 5.58. The topological polar surface area (TPSA) is 55.6 Å². The van der Waals surface area contributed by atoms with Crippen LogP contribution in [0.1, 0.15) is 39.0 Å². The van der Waals surface area contributed by atoms with E-state index >= 15 is 0 Å². The summed E-state index contributed by atoms with van der Waals surface area (Å²) in [5, 5.41) is 0. The number of hydrogen-bond donors (Lipinski definition) is 1. The molecule has 0 bridgehead atoms. The van der Waals surface area contributed by atoms with Crippen LogP contribution in [0.3, 0.4) is 0 Å². The van der Waals surface area contributed by atoms with Crippen LogP contribution in [0.2, 0.25) is 0 Å². The molecule has 2 rings (SSSR count). The fourth-order valence-electron chi connectivity index (χ4n) is 2.90. The molecule has 0 saturated carbocycles. The second-order valence-electron chi connectivity index (χ2n) is 5.78. The van der Waals surface area contributed by atoms with Crippen LogP contribution >= 0.6 is 0 Å². The Hall–Kier alpha value is -1.71. The Balaban J connectivity index is 1.68. The number of benzene rings is 1. The molecular weight excluding hydrogens is 264 g/mol. The number of amides is 1. The predicted octanol–water partition coefficient (Wildman–Crippen LogP) is 3.08. The highest BCUT2D eigenvalue weighted by atomic mass is 16.5. The van der Waals surface area contributed by atoms with E-state index in [4.69, 9.17) is 10.5 Å². The van der Waals surface area contributed by atoms with Gasteiger partial charge in [0.05, 0.1) is 13.0 Å². The highest BCUT2D eigenvalue weighted by molar-refractivity contribution is 5.76. The highest BCUT2D eigenvalue weighted by Crippen LogP contribution is 2.22. The first-order chi connectivity index (χ1) is 10.2. The fraction of sp³-hybridized carbons (Fsp3) is 0.588. The lowest BCUT2D eigenvalue weighted by atomic mass is 9.92. The third kappa shape index (κ3) is 4.96. The van der Waals surface area contributed by atoms with Crippen molar-refractivity contribution in [2.45, 2.75) is 39.0 Å². The van der Waals surface area contributed by atoms with Gasteiger partial charge in [0.1, 0.15) is 5.75 Å². The largest absolute Gasteiger partial charge is 0.493 e. The van der Waals surface area contributed by atoms with E-state index in [-0.39, 0.29) is 5.91 Å². The van der Waals surface area contributed by atoms with Crippen LogP contribution in [0.4, 0.5) is 5.69 Å². The number of hydrogen-bond acceptors (Lipinski definition) is 3. The van der Waals surface area contributed by atoms with E-state index in [0.29, 0.717) is 18.7 Å². The molecule has 0 atom stereocenters. The number of rotatable bonds is 6. The molecule has 0 unspecified atom stereocenters. The number of nitrogens with zero attached hydrogens (tertiary/aromatic N) is 1. The van der Waals surface area contributed by atoms with Gasteiger partial charge in [-0.3, -0.25) is 4.79 Å². The van der Waals surface area contributed by atoms with Crippen LogP contribution in [0.15, 0.2) is 24.3 Å². The third-order valence-electron chi connectivity index (χ3n) is 4.11. The Labute approximate surface area is 127 Å². The van der Waals surface area contributed by atoms with Crippen molar-refractivity contribution in [3.63, 3.8) is 0 Å². The van der Waals surface area contributed by atoms with Crippen molar-refractivity contribution in [3.8, 4) is 5.75 Å². The van der Waals surface area contributed by atoms with E-state index in [9.17, 15) is 4.79 Å². The van der Waals surface area contributed by atoms with Crippen LogP contribution in [0.5, 0.6) is 5.75 Å². The van der Waals surface area contributed by atoms with Gasteiger partial charge in [-0.25, -0.2) is 0 Å². The number of carbonyl (C=O) groups is 1. The summed E-state index contributed by atoms with van der Waals surface area (Å²) in [6, 6.07) is 7.31. The van der Waals surface area contributed by atoms with Gasteiger partial charge in [-0.1, -0.05) is 25.8 Å². The predicted molar refractivity (Wildman–Crippen MR) is 85.2 cm³/mol. The molecule has 1 heterocycles. The third-order valence-corrected chi connectivity index (χ3v) is 4.11. The van der Waals surface area contributed by atoms with Crippen molar-refractivity contribution < 1.29 is 9.53 Å². The standard InChI is InChI=1S/C17H26N2O2/c1-2-4-14-7-10-19(11-8-14)17(20)9-12-21-16-6-3-5-15(18)13-16/h3,5-6,13-14H,2,4,7-12,18H2,1H3. The van der Waals surface area contributed by atoms with Crippen molar-refractivity contribution >= 4 is 11.6 Å². The van der Waals surface area contributed by atoms with E-state index in [0.717, 1.165) is 37.6 Å². The van der Waals surface area contributed by atoms with Crippen LogP contribution in [-0.2, 0) is 4.79 Å². The smallest absolute Gasteiger partial charge is 0.225 e. The molecule has 0 aliphatic carbocycles.